The van der Waals surface area contributed by atoms with E-state index in [0.717, 1.165) is 15.6 Å². The molecule has 0 spiro atoms. The second kappa shape index (κ2) is 6.09. The molecule has 2 aromatic carbocycles. The highest BCUT2D eigenvalue weighted by Crippen LogP contribution is 2.30. The van der Waals surface area contributed by atoms with Gasteiger partial charge in [0, 0.05) is 4.47 Å². The number of amidine groups is 1. The van der Waals surface area contributed by atoms with Gasteiger partial charge in [-0.25, -0.2) is 8.42 Å². The molecule has 1 heterocycles. The molecular weight excluding hydrogens is 376 g/mol. The monoisotopic (exact) mass is 392 g/mol. The molecule has 0 radical (unpaired) electrons. The molecule has 120 valence electrons. The fraction of sp³-hybridized carbons (Fsp3) is 0.235. The molecule has 0 amide bonds. The zero-order chi connectivity index (χ0) is 16.6. The molecule has 0 saturated carbocycles. The van der Waals surface area contributed by atoms with E-state index in [9.17, 15) is 8.42 Å². The van der Waals surface area contributed by atoms with Crippen LogP contribution in [0.15, 0.2) is 62.9 Å². The fourth-order valence-electron chi connectivity index (χ4n) is 2.59. The Balaban J connectivity index is 1.89. The topological polar surface area (TPSA) is 49.7 Å². The van der Waals surface area contributed by atoms with Crippen LogP contribution in [0.4, 0.5) is 0 Å². The molecule has 2 aromatic rings. The zero-order valence-corrected chi connectivity index (χ0v) is 15.3. The van der Waals surface area contributed by atoms with Crippen molar-refractivity contribution >= 4 is 31.8 Å². The van der Waals surface area contributed by atoms with E-state index in [1.54, 1.807) is 19.1 Å². The molecule has 1 aliphatic heterocycles. The molecule has 1 aliphatic rings. The highest BCUT2D eigenvalue weighted by atomic mass is 79.9. The number of benzene rings is 2. The Bertz CT molecular complexity index is 843. The maximum absolute atomic E-state index is 12.8. The second-order valence-electron chi connectivity index (χ2n) is 5.59. The summed E-state index contributed by atoms with van der Waals surface area (Å²) in [4.78, 5) is 4.83. The van der Waals surface area contributed by atoms with Gasteiger partial charge in [0.05, 0.1) is 17.5 Å². The van der Waals surface area contributed by atoms with Crippen molar-refractivity contribution in [3.05, 3.63) is 64.1 Å². The molecule has 3 rings (SSSR count). The van der Waals surface area contributed by atoms with Gasteiger partial charge in [-0.1, -0.05) is 45.8 Å². The molecule has 0 fully saturated rings. The largest absolute Gasteiger partial charge is 0.265 e. The van der Waals surface area contributed by atoms with Gasteiger partial charge in [0.2, 0.25) is 0 Å². The lowest BCUT2D eigenvalue weighted by molar-refractivity contribution is 0.519. The van der Waals surface area contributed by atoms with Crippen molar-refractivity contribution in [2.45, 2.75) is 24.8 Å². The molecular formula is C17H17BrN2O2S. The van der Waals surface area contributed by atoms with Crippen molar-refractivity contribution in [2.75, 3.05) is 6.54 Å². The van der Waals surface area contributed by atoms with Gasteiger partial charge in [0.1, 0.15) is 5.84 Å². The lowest BCUT2D eigenvalue weighted by Gasteiger charge is -2.19. The van der Waals surface area contributed by atoms with Crippen LogP contribution in [-0.4, -0.2) is 25.1 Å². The highest BCUT2D eigenvalue weighted by Gasteiger charge is 2.33. The molecule has 0 aromatic heterocycles. The van der Waals surface area contributed by atoms with Crippen molar-refractivity contribution in [3.8, 4) is 0 Å². The first-order chi connectivity index (χ1) is 10.9. The van der Waals surface area contributed by atoms with Crippen molar-refractivity contribution in [2.24, 2.45) is 4.99 Å². The van der Waals surface area contributed by atoms with E-state index >= 15 is 0 Å². The number of sulfonamides is 1. The van der Waals surface area contributed by atoms with E-state index in [0.29, 0.717) is 17.3 Å². The highest BCUT2D eigenvalue weighted by molar-refractivity contribution is 9.10. The van der Waals surface area contributed by atoms with Gasteiger partial charge >= 0.3 is 0 Å². The fourth-order valence-corrected chi connectivity index (χ4v) is 4.33. The number of halogens is 1. The van der Waals surface area contributed by atoms with Crippen LogP contribution in [0.5, 0.6) is 0 Å². The number of rotatable bonds is 3. The summed E-state index contributed by atoms with van der Waals surface area (Å²) in [7, 11) is -3.56. The normalized spacial score (nSPS) is 18.1. The van der Waals surface area contributed by atoms with Gasteiger partial charge in [0.25, 0.3) is 10.0 Å². The van der Waals surface area contributed by atoms with Crippen LogP contribution in [0, 0.1) is 6.92 Å². The Morgan fingerprint density at radius 1 is 1.04 bits per heavy atom. The molecule has 0 aliphatic carbocycles. The summed E-state index contributed by atoms with van der Waals surface area (Å²) in [6.07, 6.45) is 0. The molecule has 0 N–H and O–H groups in total. The number of hydrogen-bond donors (Lipinski definition) is 0. The van der Waals surface area contributed by atoms with Crippen LogP contribution in [0.3, 0.4) is 0 Å². The van der Waals surface area contributed by atoms with Crippen molar-refractivity contribution < 1.29 is 8.42 Å². The maximum atomic E-state index is 12.8. The van der Waals surface area contributed by atoms with Crippen molar-refractivity contribution in [1.82, 2.24) is 4.31 Å². The minimum absolute atomic E-state index is 0.164. The molecule has 23 heavy (non-hydrogen) atoms. The maximum Gasteiger partial charge on any atom is 0.265 e. The van der Waals surface area contributed by atoms with Gasteiger partial charge in [-0.05, 0) is 43.7 Å². The van der Waals surface area contributed by atoms with Gasteiger partial charge in [-0.15, -0.1) is 0 Å². The summed E-state index contributed by atoms with van der Waals surface area (Å²) in [5.74, 6) is 0.526. The van der Waals surface area contributed by atoms with Crippen LogP contribution < -0.4 is 0 Å². The first-order valence-corrected chi connectivity index (χ1v) is 9.50. The Morgan fingerprint density at radius 2 is 1.65 bits per heavy atom. The summed E-state index contributed by atoms with van der Waals surface area (Å²) in [6.45, 7) is 4.01. The van der Waals surface area contributed by atoms with Crippen molar-refractivity contribution in [1.29, 1.82) is 0 Å². The third-order valence-corrected chi connectivity index (χ3v) is 6.30. The summed E-state index contributed by atoms with van der Waals surface area (Å²) in [5, 5.41) is 0. The van der Waals surface area contributed by atoms with Gasteiger partial charge in [-0.3, -0.25) is 9.30 Å². The molecule has 6 heteroatoms. The van der Waals surface area contributed by atoms with E-state index in [1.807, 2.05) is 43.3 Å². The molecule has 0 bridgehead atoms. The number of hydrogen-bond acceptors (Lipinski definition) is 3. The minimum atomic E-state index is -3.56. The number of aryl methyl sites for hydroxylation is 1. The first kappa shape index (κ1) is 16.2. The lowest BCUT2D eigenvalue weighted by atomic mass is 10.1. The predicted octanol–water partition coefficient (Wildman–Crippen LogP) is 3.92. The van der Waals surface area contributed by atoms with Crippen LogP contribution in [0.25, 0.3) is 0 Å². The van der Waals surface area contributed by atoms with E-state index in [-0.39, 0.29) is 6.04 Å². The average Bonchev–Trinajstić information content (AvgIpc) is 2.91. The number of aliphatic imine (C=N–C) groups is 1. The third-order valence-electron chi connectivity index (χ3n) is 3.91. The van der Waals surface area contributed by atoms with E-state index in [4.69, 9.17) is 0 Å². The Hall–Kier alpha value is -1.66. The summed E-state index contributed by atoms with van der Waals surface area (Å²) < 4.78 is 28.0. The molecule has 1 atom stereocenters. The van der Waals surface area contributed by atoms with Gasteiger partial charge in [-0.2, -0.15) is 0 Å². The molecule has 1 unspecified atom stereocenters. The van der Waals surface area contributed by atoms with E-state index < -0.39 is 10.0 Å². The Kier molecular flexibility index (Phi) is 4.29. The van der Waals surface area contributed by atoms with Crippen LogP contribution in [-0.2, 0) is 10.0 Å². The summed E-state index contributed by atoms with van der Waals surface area (Å²) in [6, 6.07) is 14.6. The van der Waals surface area contributed by atoms with Gasteiger partial charge in [0.15, 0.2) is 0 Å². The third kappa shape index (κ3) is 3.19. The minimum Gasteiger partial charge on any atom is -0.262 e. The summed E-state index contributed by atoms with van der Waals surface area (Å²) in [5.41, 5.74) is 2.04. The predicted molar refractivity (Wildman–Crippen MR) is 95.1 cm³/mol. The molecule has 4 nitrogen and oxygen atoms in total. The Labute approximate surface area is 145 Å². The standard InChI is InChI=1S/C17H17BrN2O2S/c1-12-3-9-16(10-4-12)23(21,22)20-11-17(19-13(20)2)14-5-7-15(18)8-6-14/h3-10,17H,11H2,1-2H3. The number of nitrogens with zero attached hydrogens (tertiary/aromatic N) is 2. The van der Waals surface area contributed by atoms with Crippen LogP contribution in [0.1, 0.15) is 24.1 Å². The average molecular weight is 393 g/mol. The van der Waals surface area contributed by atoms with Crippen LogP contribution >= 0.6 is 15.9 Å². The van der Waals surface area contributed by atoms with Crippen molar-refractivity contribution in [3.63, 3.8) is 0 Å². The quantitative estimate of drug-likeness (QED) is 0.794. The molecule has 0 saturated heterocycles. The first-order valence-electron chi connectivity index (χ1n) is 7.27. The zero-order valence-electron chi connectivity index (χ0n) is 12.9. The van der Waals surface area contributed by atoms with Gasteiger partial charge < -0.3 is 0 Å². The smallest absolute Gasteiger partial charge is 0.262 e. The Morgan fingerprint density at radius 3 is 2.26 bits per heavy atom. The lowest BCUT2D eigenvalue weighted by Crippen LogP contribution is -2.33. The second-order valence-corrected chi connectivity index (χ2v) is 8.37. The summed E-state index contributed by atoms with van der Waals surface area (Å²) >= 11 is 3.40. The van der Waals surface area contributed by atoms with E-state index in [2.05, 4.69) is 20.9 Å². The SMILES string of the molecule is CC1=NC(c2ccc(Br)cc2)CN1S(=O)(=O)c1ccc(C)cc1. The van der Waals surface area contributed by atoms with Crippen LogP contribution in [0.2, 0.25) is 0 Å². The van der Waals surface area contributed by atoms with E-state index in [1.165, 1.54) is 4.31 Å².